The maximum Gasteiger partial charge on any atom is 0.357 e. The van der Waals surface area contributed by atoms with Crippen LogP contribution < -0.4 is 9.88 Å². The molecule has 0 atom stereocenters. The third kappa shape index (κ3) is 3.35. The summed E-state index contributed by atoms with van der Waals surface area (Å²) in [6.45, 7) is 0.394. The quantitative estimate of drug-likeness (QED) is 0.582. The number of anilines is 1. The van der Waals surface area contributed by atoms with Gasteiger partial charge in [0.1, 0.15) is 16.5 Å². The highest BCUT2D eigenvalue weighted by atomic mass is 32.2. The zero-order valence-corrected chi connectivity index (χ0v) is 14.2. The molecule has 1 N–H and O–H groups in total. The topological polar surface area (TPSA) is 97.9 Å². The van der Waals surface area contributed by atoms with Gasteiger partial charge in [-0.2, -0.15) is 4.31 Å². The maximum absolute atomic E-state index is 13.8. The van der Waals surface area contributed by atoms with Crippen LogP contribution in [0, 0.1) is 21.7 Å². The van der Waals surface area contributed by atoms with E-state index in [0.29, 0.717) is 6.07 Å². The van der Waals surface area contributed by atoms with E-state index in [1.807, 2.05) is 0 Å². The third-order valence-corrected chi connectivity index (χ3v) is 6.01. The molecule has 1 aliphatic heterocycles. The Bertz CT molecular complexity index is 946. The van der Waals surface area contributed by atoms with Gasteiger partial charge in [-0.3, -0.25) is 15.0 Å². The van der Waals surface area contributed by atoms with Crippen molar-refractivity contribution in [3.63, 3.8) is 0 Å². The number of aromatic nitrogens is 1. The van der Waals surface area contributed by atoms with E-state index in [0.717, 1.165) is 16.4 Å². The molecule has 1 aliphatic rings. The monoisotopic (exact) mass is 385 g/mol. The average molecular weight is 385 g/mol. The summed E-state index contributed by atoms with van der Waals surface area (Å²) in [5, 5.41) is 11.1. The van der Waals surface area contributed by atoms with Gasteiger partial charge in [0, 0.05) is 12.1 Å². The number of rotatable bonds is 4. The van der Waals surface area contributed by atoms with Crippen LogP contribution in [0.3, 0.4) is 0 Å². The number of hydrogen-bond donors (Lipinski definition) is 0. The van der Waals surface area contributed by atoms with Crippen molar-refractivity contribution in [1.29, 1.82) is 0 Å². The maximum atomic E-state index is 13.8. The number of hydrogen-bond acceptors (Lipinski definition) is 5. The Balaban J connectivity index is 1.79. The molecule has 1 aromatic carbocycles. The Morgan fingerprint density at radius 2 is 1.81 bits per heavy atom. The van der Waals surface area contributed by atoms with Crippen LogP contribution >= 0.6 is 0 Å². The van der Waals surface area contributed by atoms with Gasteiger partial charge in [-0.05, 0) is 18.2 Å². The molecule has 0 saturated carbocycles. The number of nitro groups is 1. The smallest absolute Gasteiger partial charge is 0.258 e. The number of benzene rings is 1. The summed E-state index contributed by atoms with van der Waals surface area (Å²) in [7, 11) is -4.12. The van der Waals surface area contributed by atoms with Crippen molar-refractivity contribution in [2.45, 2.75) is 4.90 Å². The molecule has 0 unspecified atom stereocenters. The molecule has 3 rings (SSSR count). The molecular formula is C15H15F2N4O4S+. The lowest BCUT2D eigenvalue weighted by Crippen LogP contribution is -2.50. The van der Waals surface area contributed by atoms with Crippen LogP contribution in [0.15, 0.2) is 41.4 Å². The summed E-state index contributed by atoms with van der Waals surface area (Å²) in [6.07, 6.45) is 1.54. The van der Waals surface area contributed by atoms with Crippen molar-refractivity contribution < 1.29 is 27.1 Å². The van der Waals surface area contributed by atoms with Gasteiger partial charge in [-0.1, -0.05) is 0 Å². The van der Waals surface area contributed by atoms with Crippen LogP contribution in [0.2, 0.25) is 0 Å². The van der Waals surface area contributed by atoms with E-state index in [9.17, 15) is 27.3 Å². The first-order valence-corrected chi connectivity index (χ1v) is 9.10. The highest BCUT2D eigenvalue weighted by Crippen LogP contribution is 2.26. The molecule has 0 bridgehead atoms. The van der Waals surface area contributed by atoms with E-state index in [4.69, 9.17) is 0 Å². The number of nitrogens with one attached hydrogen (secondary N) is 1. The molecule has 0 spiro atoms. The molecule has 0 radical (unpaired) electrons. The van der Waals surface area contributed by atoms with Gasteiger partial charge in [0.25, 0.3) is 0 Å². The van der Waals surface area contributed by atoms with Gasteiger partial charge < -0.3 is 0 Å². The highest BCUT2D eigenvalue weighted by molar-refractivity contribution is 7.89. The zero-order valence-electron chi connectivity index (χ0n) is 13.4. The van der Waals surface area contributed by atoms with Crippen molar-refractivity contribution in [3.05, 3.63) is 58.3 Å². The van der Waals surface area contributed by atoms with Crippen LogP contribution in [-0.4, -0.2) is 43.8 Å². The molecule has 2 heterocycles. The molecule has 11 heteroatoms. The van der Waals surface area contributed by atoms with Crippen molar-refractivity contribution in [3.8, 4) is 0 Å². The Kier molecular flexibility index (Phi) is 4.83. The van der Waals surface area contributed by atoms with Crippen LogP contribution in [0.4, 0.5) is 20.3 Å². The molecule has 1 aromatic heterocycles. The summed E-state index contributed by atoms with van der Waals surface area (Å²) < 4.78 is 53.1. The van der Waals surface area contributed by atoms with E-state index < -0.39 is 31.5 Å². The van der Waals surface area contributed by atoms with E-state index >= 15 is 0 Å². The molecule has 0 aliphatic carbocycles. The molecule has 0 amide bonds. The van der Waals surface area contributed by atoms with E-state index in [-0.39, 0.29) is 37.7 Å². The molecule has 1 fully saturated rings. The molecule has 26 heavy (non-hydrogen) atoms. The first kappa shape index (κ1) is 18.1. The van der Waals surface area contributed by atoms with E-state index in [1.165, 1.54) is 12.1 Å². The number of aromatic amines is 1. The Morgan fingerprint density at radius 1 is 1.12 bits per heavy atom. The molecule has 8 nitrogen and oxygen atoms in total. The number of sulfonamides is 1. The number of H-pyrrole nitrogens is 1. The summed E-state index contributed by atoms with van der Waals surface area (Å²) in [5.74, 6) is -1.74. The predicted octanol–water partition coefficient (Wildman–Crippen LogP) is 1.20. The normalized spacial score (nSPS) is 15.8. The fourth-order valence-electron chi connectivity index (χ4n) is 2.80. The molecule has 2 aromatic rings. The standard InChI is InChI=1S/C15H14F2N4O4S/c16-11-3-4-14(12(17)10-11)26(24,25)20-8-6-19(7-9-20)15-13(21(22)23)2-1-5-18-15/h1-5,10H,6-9H2/p+1. The lowest BCUT2D eigenvalue weighted by Gasteiger charge is -2.30. The zero-order chi connectivity index (χ0) is 18.9. The lowest BCUT2D eigenvalue weighted by atomic mass is 10.3. The second kappa shape index (κ2) is 6.92. The second-order valence-electron chi connectivity index (χ2n) is 5.63. The first-order chi connectivity index (χ1) is 12.3. The Hall–Kier alpha value is -2.66. The molecular weight excluding hydrogens is 370 g/mol. The minimum absolute atomic E-state index is 0.0129. The summed E-state index contributed by atoms with van der Waals surface area (Å²) in [5.41, 5.74) is -0.117. The van der Waals surface area contributed by atoms with Gasteiger partial charge in [0.15, 0.2) is 0 Å². The van der Waals surface area contributed by atoms with Crippen molar-refractivity contribution in [1.82, 2.24) is 4.31 Å². The summed E-state index contributed by atoms with van der Waals surface area (Å²) in [4.78, 5) is 14.5. The summed E-state index contributed by atoms with van der Waals surface area (Å²) in [6, 6.07) is 5.14. The fraction of sp³-hybridized carbons (Fsp3) is 0.267. The number of piperazine rings is 1. The van der Waals surface area contributed by atoms with Gasteiger partial charge in [-0.15, -0.1) is 0 Å². The fourth-order valence-corrected chi connectivity index (χ4v) is 4.26. The van der Waals surface area contributed by atoms with E-state index in [1.54, 1.807) is 11.1 Å². The Labute approximate surface area is 147 Å². The van der Waals surface area contributed by atoms with Crippen LogP contribution in [-0.2, 0) is 10.0 Å². The van der Waals surface area contributed by atoms with Crippen molar-refractivity contribution in [2.75, 3.05) is 31.1 Å². The number of halogens is 2. The SMILES string of the molecule is O=[N+]([O-])c1ccc[nH+]c1N1CCN(S(=O)(=O)c2ccc(F)cc2F)CC1. The minimum atomic E-state index is -4.12. The van der Waals surface area contributed by atoms with Gasteiger partial charge >= 0.3 is 11.5 Å². The minimum Gasteiger partial charge on any atom is -0.258 e. The van der Waals surface area contributed by atoms with E-state index in [2.05, 4.69) is 4.98 Å². The Morgan fingerprint density at radius 3 is 2.42 bits per heavy atom. The van der Waals surface area contributed by atoms with Crippen LogP contribution in [0.5, 0.6) is 0 Å². The second-order valence-corrected chi connectivity index (χ2v) is 7.53. The third-order valence-electron chi connectivity index (χ3n) is 4.08. The van der Waals surface area contributed by atoms with Gasteiger partial charge in [0.2, 0.25) is 10.0 Å². The first-order valence-electron chi connectivity index (χ1n) is 7.66. The van der Waals surface area contributed by atoms with Crippen LogP contribution in [0.1, 0.15) is 0 Å². The van der Waals surface area contributed by atoms with Gasteiger partial charge in [0.05, 0.1) is 37.3 Å². The van der Waals surface area contributed by atoms with Crippen LogP contribution in [0.25, 0.3) is 0 Å². The summed E-state index contributed by atoms with van der Waals surface area (Å²) >= 11 is 0. The lowest BCUT2D eigenvalue weighted by molar-refractivity contribution is -0.411. The van der Waals surface area contributed by atoms with Crippen molar-refractivity contribution >= 4 is 21.5 Å². The molecule has 138 valence electrons. The predicted molar refractivity (Wildman–Crippen MR) is 87.0 cm³/mol. The van der Waals surface area contributed by atoms with Crippen molar-refractivity contribution in [2.24, 2.45) is 0 Å². The average Bonchev–Trinajstić information content (AvgIpc) is 2.61. The highest BCUT2D eigenvalue weighted by Gasteiger charge is 2.36. The van der Waals surface area contributed by atoms with Gasteiger partial charge in [-0.25, -0.2) is 22.2 Å². The number of pyridine rings is 1. The number of nitrogens with zero attached hydrogens (tertiary/aromatic N) is 3. The largest absolute Gasteiger partial charge is 0.357 e. The molecule has 1 saturated heterocycles.